The quantitative estimate of drug-likeness (QED) is 0.653. The maximum Gasteiger partial charge on any atom is 0.227 e. The number of rotatable bonds is 5. The van der Waals surface area contributed by atoms with Gasteiger partial charge in [0.25, 0.3) is 0 Å². The summed E-state index contributed by atoms with van der Waals surface area (Å²) in [6, 6.07) is 11.2. The Morgan fingerprint density at radius 3 is 2.68 bits per heavy atom. The fraction of sp³-hybridized carbons (Fsp3) is 0.167. The van der Waals surface area contributed by atoms with Gasteiger partial charge in [-0.25, -0.2) is 9.97 Å². The number of hydrogen-bond acceptors (Lipinski definition) is 7. The van der Waals surface area contributed by atoms with Gasteiger partial charge < -0.3 is 19.9 Å². The molecule has 7 heteroatoms. The summed E-state index contributed by atoms with van der Waals surface area (Å²) < 4.78 is 5.54. The molecule has 0 radical (unpaired) electrons. The molecule has 0 bridgehead atoms. The van der Waals surface area contributed by atoms with Crippen LogP contribution in [0.4, 0.5) is 5.95 Å². The highest BCUT2D eigenvalue weighted by Gasteiger charge is 2.24. The Labute approximate surface area is 143 Å². The van der Waals surface area contributed by atoms with Crippen LogP contribution in [-0.2, 0) is 6.61 Å². The van der Waals surface area contributed by atoms with Gasteiger partial charge in [-0.15, -0.1) is 0 Å². The minimum atomic E-state index is -0.706. The summed E-state index contributed by atoms with van der Waals surface area (Å²) in [6.07, 6.45) is 1.60. The Morgan fingerprint density at radius 1 is 1.24 bits per heavy atom. The molecule has 0 aliphatic carbocycles. The smallest absolute Gasteiger partial charge is 0.227 e. The molecule has 1 atom stereocenters. The first-order chi connectivity index (χ1) is 12.1. The Bertz CT molecular complexity index is 925. The van der Waals surface area contributed by atoms with Crippen molar-refractivity contribution in [2.24, 2.45) is 0 Å². The molecule has 0 aliphatic heterocycles. The number of nitrogens with zero attached hydrogens (tertiary/aromatic N) is 2. The summed E-state index contributed by atoms with van der Waals surface area (Å²) in [5.74, 6) is -0.143. The van der Waals surface area contributed by atoms with Gasteiger partial charge in [-0.3, -0.25) is 4.79 Å². The van der Waals surface area contributed by atoms with Gasteiger partial charge in [0, 0.05) is 18.0 Å². The predicted molar refractivity (Wildman–Crippen MR) is 91.2 cm³/mol. The van der Waals surface area contributed by atoms with Crippen molar-refractivity contribution in [1.29, 1.82) is 0 Å². The van der Waals surface area contributed by atoms with Gasteiger partial charge >= 0.3 is 0 Å². The first-order valence-corrected chi connectivity index (χ1v) is 7.66. The number of anilines is 1. The third kappa shape index (κ3) is 3.67. The van der Waals surface area contributed by atoms with E-state index < -0.39 is 23.8 Å². The van der Waals surface area contributed by atoms with Crippen molar-refractivity contribution in [3.05, 3.63) is 81.7 Å². The average molecular weight is 339 g/mol. The van der Waals surface area contributed by atoms with Gasteiger partial charge in [-0.2, -0.15) is 0 Å². The summed E-state index contributed by atoms with van der Waals surface area (Å²) in [6.45, 7) is 1.37. The van der Waals surface area contributed by atoms with Crippen molar-refractivity contribution in [2.45, 2.75) is 19.6 Å². The van der Waals surface area contributed by atoms with Crippen molar-refractivity contribution in [3.8, 4) is 5.75 Å². The van der Waals surface area contributed by atoms with E-state index in [2.05, 4.69) is 15.3 Å². The van der Waals surface area contributed by atoms with E-state index >= 15 is 0 Å². The van der Waals surface area contributed by atoms with Crippen LogP contribution in [0.15, 0.2) is 57.9 Å². The third-order valence-corrected chi connectivity index (χ3v) is 3.62. The van der Waals surface area contributed by atoms with Gasteiger partial charge in [0.15, 0.2) is 5.76 Å². The molecule has 0 fully saturated rings. The minimum absolute atomic E-state index is 0.00661. The van der Waals surface area contributed by atoms with E-state index in [4.69, 9.17) is 4.42 Å². The number of nitrogens with one attached hydrogen (secondary N) is 1. The maximum atomic E-state index is 12.0. The van der Waals surface area contributed by atoms with Crippen LogP contribution in [0.2, 0.25) is 0 Å². The zero-order chi connectivity index (χ0) is 17.8. The van der Waals surface area contributed by atoms with Gasteiger partial charge in [0.05, 0.1) is 0 Å². The number of aromatic hydroxyl groups is 1. The normalized spacial score (nSPS) is 11.9. The second kappa shape index (κ2) is 7.14. The molecule has 25 heavy (non-hydrogen) atoms. The lowest BCUT2D eigenvalue weighted by atomic mass is 10.0. The molecule has 0 spiro atoms. The molecule has 0 amide bonds. The third-order valence-electron chi connectivity index (χ3n) is 3.62. The fourth-order valence-electron chi connectivity index (χ4n) is 2.42. The number of aryl methyl sites for hydroxylation is 1. The number of benzene rings is 1. The topological polar surface area (TPSA) is 108 Å². The lowest BCUT2D eigenvalue weighted by molar-refractivity contribution is 0.234. The van der Waals surface area contributed by atoms with Gasteiger partial charge in [0.1, 0.15) is 18.4 Å². The second-order valence-electron chi connectivity index (χ2n) is 5.46. The van der Waals surface area contributed by atoms with Crippen molar-refractivity contribution in [2.75, 3.05) is 5.32 Å². The molecule has 3 rings (SSSR count). The Kier molecular flexibility index (Phi) is 4.76. The fourth-order valence-corrected chi connectivity index (χ4v) is 2.42. The van der Waals surface area contributed by atoms with E-state index in [1.165, 1.54) is 0 Å². The standard InChI is InChI=1S/C18H17N3O4/c1-11-7-8-19-18(20-11)21-15(12-5-3-2-4-6-12)17-16(24)14(23)9-13(10-22)25-17/h2-9,15,22,24H,10H2,1H3,(H,19,20,21). The Balaban J connectivity index is 2.12. The monoisotopic (exact) mass is 339 g/mol. The van der Waals surface area contributed by atoms with Crippen LogP contribution in [0.1, 0.15) is 28.8 Å². The van der Waals surface area contributed by atoms with Crippen molar-refractivity contribution < 1.29 is 14.6 Å². The summed E-state index contributed by atoms with van der Waals surface area (Å²) in [5.41, 5.74) is 0.874. The first-order valence-electron chi connectivity index (χ1n) is 7.66. The SMILES string of the molecule is Cc1ccnc(NC(c2ccccc2)c2oc(CO)cc(=O)c2O)n1. The molecule has 2 heterocycles. The molecule has 1 aromatic carbocycles. The summed E-state index contributed by atoms with van der Waals surface area (Å²) in [7, 11) is 0. The number of aliphatic hydroxyl groups excluding tert-OH is 1. The van der Waals surface area contributed by atoms with Gasteiger partial charge in [-0.05, 0) is 18.6 Å². The Morgan fingerprint density at radius 2 is 2.00 bits per heavy atom. The summed E-state index contributed by atoms with van der Waals surface area (Å²) in [4.78, 5) is 20.4. The van der Waals surface area contributed by atoms with E-state index in [9.17, 15) is 15.0 Å². The molecular formula is C18H17N3O4. The number of aliphatic hydroxyl groups is 1. The van der Waals surface area contributed by atoms with Crippen LogP contribution < -0.4 is 10.7 Å². The molecule has 0 saturated carbocycles. The molecule has 2 aromatic heterocycles. The lowest BCUT2D eigenvalue weighted by Gasteiger charge is -2.19. The number of hydrogen-bond donors (Lipinski definition) is 3. The molecule has 3 N–H and O–H groups in total. The molecule has 0 saturated heterocycles. The van der Waals surface area contributed by atoms with Crippen LogP contribution in [-0.4, -0.2) is 20.2 Å². The summed E-state index contributed by atoms with van der Waals surface area (Å²) in [5, 5.41) is 22.6. The van der Waals surface area contributed by atoms with E-state index in [1.807, 2.05) is 37.3 Å². The molecule has 0 aliphatic rings. The predicted octanol–water partition coefficient (Wildman–Crippen LogP) is 2.14. The van der Waals surface area contributed by atoms with Crippen LogP contribution >= 0.6 is 0 Å². The average Bonchev–Trinajstić information content (AvgIpc) is 2.63. The summed E-state index contributed by atoms with van der Waals surface area (Å²) >= 11 is 0. The first kappa shape index (κ1) is 16.7. The van der Waals surface area contributed by atoms with E-state index in [0.717, 1.165) is 17.3 Å². The molecular weight excluding hydrogens is 322 g/mol. The molecule has 3 aromatic rings. The van der Waals surface area contributed by atoms with Crippen molar-refractivity contribution in [1.82, 2.24) is 9.97 Å². The van der Waals surface area contributed by atoms with Crippen LogP contribution in [0.25, 0.3) is 0 Å². The van der Waals surface area contributed by atoms with Crippen molar-refractivity contribution in [3.63, 3.8) is 0 Å². The number of aromatic nitrogens is 2. The van der Waals surface area contributed by atoms with Gasteiger partial charge in [-0.1, -0.05) is 30.3 Å². The molecule has 1 unspecified atom stereocenters. The zero-order valence-electron chi connectivity index (χ0n) is 13.5. The van der Waals surface area contributed by atoms with Gasteiger partial charge in [0.2, 0.25) is 17.1 Å². The molecule has 128 valence electrons. The van der Waals surface area contributed by atoms with E-state index in [1.54, 1.807) is 12.3 Å². The van der Waals surface area contributed by atoms with Crippen LogP contribution in [0, 0.1) is 6.92 Å². The largest absolute Gasteiger partial charge is 0.502 e. The zero-order valence-corrected chi connectivity index (χ0v) is 13.5. The highest BCUT2D eigenvalue weighted by Crippen LogP contribution is 2.30. The maximum absolute atomic E-state index is 12.0. The minimum Gasteiger partial charge on any atom is -0.502 e. The van der Waals surface area contributed by atoms with Crippen LogP contribution in [0.3, 0.4) is 0 Å². The Hall–Kier alpha value is -3.19. The van der Waals surface area contributed by atoms with Crippen molar-refractivity contribution >= 4 is 5.95 Å². The van der Waals surface area contributed by atoms with E-state index in [-0.39, 0.29) is 11.5 Å². The second-order valence-corrected chi connectivity index (χ2v) is 5.46. The lowest BCUT2D eigenvalue weighted by Crippen LogP contribution is -2.17. The molecule has 7 nitrogen and oxygen atoms in total. The van der Waals surface area contributed by atoms with E-state index in [0.29, 0.717) is 5.95 Å². The highest BCUT2D eigenvalue weighted by atomic mass is 16.4. The highest BCUT2D eigenvalue weighted by molar-refractivity contribution is 5.42. The van der Waals surface area contributed by atoms with Crippen LogP contribution in [0.5, 0.6) is 5.75 Å².